The summed E-state index contributed by atoms with van der Waals surface area (Å²) in [5, 5.41) is 1.90. The summed E-state index contributed by atoms with van der Waals surface area (Å²) in [6, 6.07) is 10.2. The number of methoxy groups -OCH3 is 1. The molecule has 0 atom stereocenters. The van der Waals surface area contributed by atoms with Crippen molar-refractivity contribution in [1.29, 1.82) is 0 Å². The Morgan fingerprint density at radius 3 is 2.43 bits per heavy atom. The van der Waals surface area contributed by atoms with E-state index in [1.807, 2.05) is 18.2 Å². The molecule has 0 saturated carbocycles. The number of aromatic nitrogens is 1. The van der Waals surface area contributed by atoms with Gasteiger partial charge in [0.25, 0.3) is 0 Å². The van der Waals surface area contributed by atoms with E-state index in [1.54, 1.807) is 23.5 Å². The maximum atomic E-state index is 13.1. The van der Waals surface area contributed by atoms with Crippen LogP contribution >= 0.6 is 34.5 Å². The Morgan fingerprint density at radius 2 is 1.71 bits per heavy atom. The standard InChI is InChI=1S/C18H17Cl2N3O3S2/c1-26-15-5-3-13(20)11-17(15)28(24,25)23-8-6-22(7-9-23)18-21-14-4-2-12(19)10-16(14)27-18/h2-5,10-11H,6-9H2,1H3. The Kier molecular flexibility index (Phi) is 5.41. The lowest BCUT2D eigenvalue weighted by Gasteiger charge is -2.34. The number of fused-ring (bicyclic) bond motifs is 1. The molecule has 1 aromatic heterocycles. The second-order valence-corrected chi connectivity index (χ2v) is 10.1. The van der Waals surface area contributed by atoms with E-state index in [0.29, 0.717) is 36.2 Å². The third kappa shape index (κ3) is 3.67. The fourth-order valence-corrected chi connectivity index (χ4v) is 6.27. The van der Waals surface area contributed by atoms with Crippen molar-refractivity contribution in [3.8, 4) is 5.75 Å². The predicted octanol–water partition coefficient (Wildman–Crippen LogP) is 4.12. The second-order valence-electron chi connectivity index (χ2n) is 6.29. The van der Waals surface area contributed by atoms with Crippen LogP contribution in [0.1, 0.15) is 0 Å². The molecule has 28 heavy (non-hydrogen) atoms. The lowest BCUT2D eigenvalue weighted by molar-refractivity contribution is 0.374. The maximum Gasteiger partial charge on any atom is 0.246 e. The van der Waals surface area contributed by atoms with Gasteiger partial charge in [0.15, 0.2) is 5.13 Å². The van der Waals surface area contributed by atoms with Crippen LogP contribution in [-0.4, -0.2) is 51.0 Å². The number of hydrogen-bond acceptors (Lipinski definition) is 6. The molecule has 0 unspecified atom stereocenters. The zero-order valence-electron chi connectivity index (χ0n) is 14.9. The van der Waals surface area contributed by atoms with Crippen molar-refractivity contribution in [2.75, 3.05) is 38.2 Å². The smallest absolute Gasteiger partial charge is 0.246 e. The van der Waals surface area contributed by atoms with Crippen LogP contribution in [0.2, 0.25) is 10.0 Å². The molecule has 148 valence electrons. The first-order valence-electron chi connectivity index (χ1n) is 8.53. The molecule has 4 rings (SSSR count). The third-order valence-corrected chi connectivity index (χ3v) is 8.06. The van der Waals surface area contributed by atoms with Crippen molar-refractivity contribution >= 4 is 59.9 Å². The highest BCUT2D eigenvalue weighted by atomic mass is 35.5. The van der Waals surface area contributed by atoms with Crippen molar-refractivity contribution in [1.82, 2.24) is 9.29 Å². The van der Waals surface area contributed by atoms with E-state index in [1.165, 1.54) is 17.5 Å². The third-order valence-electron chi connectivity index (χ3n) is 4.59. The normalized spacial score (nSPS) is 15.9. The van der Waals surface area contributed by atoms with Gasteiger partial charge in [-0.05, 0) is 36.4 Å². The first-order chi connectivity index (χ1) is 13.4. The molecule has 0 aliphatic carbocycles. The molecule has 3 aromatic rings. The molecule has 1 aliphatic rings. The average Bonchev–Trinajstić information content (AvgIpc) is 3.11. The molecule has 2 heterocycles. The van der Waals surface area contributed by atoms with Crippen LogP contribution in [-0.2, 0) is 10.0 Å². The van der Waals surface area contributed by atoms with E-state index in [4.69, 9.17) is 27.9 Å². The SMILES string of the molecule is COc1ccc(Cl)cc1S(=O)(=O)N1CCN(c2nc3ccc(Cl)cc3s2)CC1. The number of rotatable bonds is 4. The molecule has 0 spiro atoms. The molecule has 0 radical (unpaired) electrons. The van der Waals surface area contributed by atoms with Gasteiger partial charge >= 0.3 is 0 Å². The van der Waals surface area contributed by atoms with E-state index >= 15 is 0 Å². The molecule has 1 saturated heterocycles. The minimum absolute atomic E-state index is 0.0885. The summed E-state index contributed by atoms with van der Waals surface area (Å²) < 4.78 is 33.9. The van der Waals surface area contributed by atoms with Gasteiger partial charge in [-0.2, -0.15) is 4.31 Å². The summed E-state index contributed by atoms with van der Waals surface area (Å²) in [5.74, 6) is 0.287. The summed E-state index contributed by atoms with van der Waals surface area (Å²) in [7, 11) is -2.26. The topological polar surface area (TPSA) is 62.7 Å². The number of ether oxygens (including phenoxy) is 1. The zero-order valence-corrected chi connectivity index (χ0v) is 18.1. The van der Waals surface area contributed by atoms with Crippen molar-refractivity contribution < 1.29 is 13.2 Å². The van der Waals surface area contributed by atoms with Gasteiger partial charge in [0.2, 0.25) is 10.0 Å². The predicted molar refractivity (Wildman–Crippen MR) is 114 cm³/mol. The second kappa shape index (κ2) is 7.68. The number of hydrogen-bond donors (Lipinski definition) is 0. The van der Waals surface area contributed by atoms with Crippen molar-refractivity contribution in [2.24, 2.45) is 0 Å². The number of sulfonamides is 1. The number of anilines is 1. The summed E-state index contributed by atoms with van der Waals surface area (Å²) in [6.07, 6.45) is 0. The van der Waals surface area contributed by atoms with Crippen LogP contribution in [0.25, 0.3) is 10.2 Å². The Bertz CT molecular complexity index is 1130. The highest BCUT2D eigenvalue weighted by Gasteiger charge is 2.31. The number of thiazole rings is 1. The van der Waals surface area contributed by atoms with E-state index < -0.39 is 10.0 Å². The highest BCUT2D eigenvalue weighted by Crippen LogP contribution is 2.33. The van der Waals surface area contributed by atoms with E-state index in [2.05, 4.69) is 9.88 Å². The fourth-order valence-electron chi connectivity index (χ4n) is 3.13. The van der Waals surface area contributed by atoms with Crippen LogP contribution in [0.4, 0.5) is 5.13 Å². The lowest BCUT2D eigenvalue weighted by atomic mass is 10.3. The fraction of sp³-hybridized carbons (Fsp3) is 0.278. The molecule has 1 fully saturated rings. The van der Waals surface area contributed by atoms with E-state index in [0.717, 1.165) is 15.3 Å². The Balaban J connectivity index is 1.54. The first-order valence-corrected chi connectivity index (χ1v) is 11.5. The molecular weight excluding hydrogens is 441 g/mol. The maximum absolute atomic E-state index is 13.1. The monoisotopic (exact) mass is 457 g/mol. The van der Waals surface area contributed by atoms with Crippen molar-refractivity contribution in [3.05, 3.63) is 46.4 Å². The summed E-state index contributed by atoms with van der Waals surface area (Å²) >= 11 is 13.6. The van der Waals surface area contributed by atoms with Gasteiger partial charge in [-0.15, -0.1) is 0 Å². The molecule has 0 bridgehead atoms. The van der Waals surface area contributed by atoms with E-state index in [-0.39, 0.29) is 10.6 Å². The summed E-state index contributed by atoms with van der Waals surface area (Å²) in [6.45, 7) is 1.81. The largest absolute Gasteiger partial charge is 0.495 e. The molecule has 6 nitrogen and oxygen atoms in total. The van der Waals surface area contributed by atoms with Crippen LogP contribution in [0.3, 0.4) is 0 Å². The molecule has 2 aromatic carbocycles. The van der Waals surface area contributed by atoms with Gasteiger partial charge in [-0.25, -0.2) is 13.4 Å². The minimum atomic E-state index is -3.70. The number of nitrogens with zero attached hydrogens (tertiary/aromatic N) is 3. The zero-order chi connectivity index (χ0) is 19.9. The highest BCUT2D eigenvalue weighted by molar-refractivity contribution is 7.89. The van der Waals surface area contributed by atoms with Crippen LogP contribution in [0, 0.1) is 0 Å². The van der Waals surface area contributed by atoms with E-state index in [9.17, 15) is 8.42 Å². The van der Waals surface area contributed by atoms with Crippen LogP contribution in [0.5, 0.6) is 5.75 Å². The van der Waals surface area contributed by atoms with Gasteiger partial charge in [0, 0.05) is 36.2 Å². The Hall–Kier alpha value is -1.58. The minimum Gasteiger partial charge on any atom is -0.495 e. The molecule has 0 N–H and O–H groups in total. The van der Waals surface area contributed by atoms with Gasteiger partial charge in [-0.1, -0.05) is 34.5 Å². The summed E-state index contributed by atoms with van der Waals surface area (Å²) in [4.78, 5) is 6.83. The van der Waals surface area contributed by atoms with Gasteiger partial charge in [-0.3, -0.25) is 0 Å². The molecular formula is C18H17Cl2N3O3S2. The Labute approximate surface area is 177 Å². The van der Waals surface area contributed by atoms with Gasteiger partial charge in [0.05, 0.1) is 17.3 Å². The van der Waals surface area contributed by atoms with Gasteiger partial charge in [0.1, 0.15) is 10.6 Å². The van der Waals surface area contributed by atoms with Crippen molar-refractivity contribution in [2.45, 2.75) is 4.90 Å². The number of piperazine rings is 1. The van der Waals surface area contributed by atoms with Gasteiger partial charge < -0.3 is 9.64 Å². The molecule has 10 heteroatoms. The molecule has 1 aliphatic heterocycles. The van der Waals surface area contributed by atoms with Crippen molar-refractivity contribution in [3.63, 3.8) is 0 Å². The summed E-state index contributed by atoms with van der Waals surface area (Å²) in [5.41, 5.74) is 0.892. The quantitative estimate of drug-likeness (QED) is 0.589. The Morgan fingerprint density at radius 1 is 1.04 bits per heavy atom. The molecule has 0 amide bonds. The average molecular weight is 458 g/mol. The van der Waals surface area contributed by atoms with Crippen LogP contribution < -0.4 is 9.64 Å². The lowest BCUT2D eigenvalue weighted by Crippen LogP contribution is -2.48. The number of halogens is 2. The van der Waals surface area contributed by atoms with Crippen LogP contribution in [0.15, 0.2) is 41.3 Å². The first kappa shape index (κ1) is 19.7. The number of benzene rings is 2.